The molecule has 0 aliphatic rings. The van der Waals surface area contributed by atoms with E-state index in [0.717, 1.165) is 17.0 Å². The van der Waals surface area contributed by atoms with Gasteiger partial charge in [0.25, 0.3) is 0 Å². The minimum atomic E-state index is -0.757. The molecule has 0 amide bonds. The molecule has 1 N–H and O–H groups in total. The lowest BCUT2D eigenvalue weighted by molar-refractivity contribution is 0.306. The van der Waals surface area contributed by atoms with Crippen LogP contribution < -0.4 is 10.1 Å². The summed E-state index contributed by atoms with van der Waals surface area (Å²) in [7, 11) is 0. The minimum Gasteiger partial charge on any atom is -0.489 e. The molecule has 0 radical (unpaired) electrons. The Hall–Kier alpha value is -2.95. The lowest BCUT2D eigenvalue weighted by Gasteiger charge is -2.08. The first-order chi connectivity index (χ1) is 10.8. The predicted octanol–water partition coefficient (Wildman–Crippen LogP) is 3.94. The number of hydrogen-bond donors (Lipinski definition) is 1. The fraction of sp³-hybridized carbons (Fsp3) is 0.0588. The van der Waals surface area contributed by atoms with E-state index in [0.29, 0.717) is 12.4 Å². The van der Waals surface area contributed by atoms with E-state index in [1.807, 2.05) is 54.6 Å². The molecule has 0 saturated heterocycles. The monoisotopic (exact) mass is 295 g/mol. The van der Waals surface area contributed by atoms with Gasteiger partial charge in [-0.15, -0.1) is 0 Å². The Labute approximate surface area is 127 Å². The van der Waals surface area contributed by atoms with Crippen LogP contribution in [0.5, 0.6) is 5.75 Å². The van der Waals surface area contributed by atoms with E-state index < -0.39 is 6.08 Å². The van der Waals surface area contributed by atoms with Crippen LogP contribution in [0.3, 0.4) is 0 Å². The second-order valence-corrected chi connectivity index (χ2v) is 4.63. The third-order valence-corrected chi connectivity index (χ3v) is 3.00. The molecule has 0 atom stereocenters. The number of nitrogens with zero attached hydrogens (tertiary/aromatic N) is 2. The van der Waals surface area contributed by atoms with Crippen molar-refractivity contribution >= 4 is 11.5 Å². The molecule has 0 spiro atoms. The van der Waals surface area contributed by atoms with Gasteiger partial charge in [-0.3, -0.25) is 0 Å². The molecule has 0 saturated carbocycles. The molecule has 0 bridgehead atoms. The molecule has 4 nitrogen and oxygen atoms in total. The van der Waals surface area contributed by atoms with Crippen molar-refractivity contribution in [2.45, 2.75) is 6.61 Å². The first kappa shape index (κ1) is 14.0. The highest BCUT2D eigenvalue weighted by molar-refractivity contribution is 5.56. The van der Waals surface area contributed by atoms with Crippen molar-refractivity contribution in [3.05, 3.63) is 78.5 Å². The van der Waals surface area contributed by atoms with Crippen LogP contribution in [0.1, 0.15) is 5.56 Å². The summed E-state index contributed by atoms with van der Waals surface area (Å²) in [5.74, 6) is 1.17. The number of hydrogen-bond acceptors (Lipinski definition) is 4. The molecule has 0 fully saturated rings. The van der Waals surface area contributed by atoms with Crippen molar-refractivity contribution in [2.24, 2.45) is 0 Å². The van der Waals surface area contributed by atoms with Crippen molar-refractivity contribution < 1.29 is 9.13 Å². The van der Waals surface area contributed by atoms with Crippen molar-refractivity contribution in [1.82, 2.24) is 9.97 Å². The highest BCUT2D eigenvalue weighted by atomic mass is 19.1. The molecule has 0 aliphatic heterocycles. The number of anilines is 2. The Kier molecular flexibility index (Phi) is 4.25. The van der Waals surface area contributed by atoms with Crippen LogP contribution in [0, 0.1) is 6.08 Å². The van der Waals surface area contributed by atoms with Gasteiger partial charge < -0.3 is 10.1 Å². The van der Waals surface area contributed by atoms with Crippen LogP contribution in [-0.4, -0.2) is 9.97 Å². The highest BCUT2D eigenvalue weighted by Crippen LogP contribution is 2.19. The molecule has 1 heterocycles. The number of nitrogens with one attached hydrogen (secondary N) is 1. The van der Waals surface area contributed by atoms with Gasteiger partial charge in [0, 0.05) is 11.9 Å². The van der Waals surface area contributed by atoms with E-state index in [4.69, 9.17) is 4.74 Å². The Bertz CT molecular complexity index is 732. The summed E-state index contributed by atoms with van der Waals surface area (Å²) in [4.78, 5) is 7.06. The Morgan fingerprint density at radius 3 is 2.45 bits per heavy atom. The summed E-state index contributed by atoms with van der Waals surface area (Å²) >= 11 is 0. The normalized spacial score (nSPS) is 10.2. The molecule has 22 heavy (non-hydrogen) atoms. The van der Waals surface area contributed by atoms with Crippen LogP contribution in [0.2, 0.25) is 0 Å². The summed E-state index contributed by atoms with van der Waals surface area (Å²) in [6, 6.07) is 19.0. The van der Waals surface area contributed by atoms with Gasteiger partial charge >= 0.3 is 6.08 Å². The molecule has 0 aliphatic carbocycles. The Balaban J connectivity index is 1.60. The zero-order chi connectivity index (χ0) is 15.2. The smallest absolute Gasteiger partial charge is 0.310 e. The van der Waals surface area contributed by atoms with E-state index in [9.17, 15) is 4.39 Å². The van der Waals surface area contributed by atoms with Crippen LogP contribution in [-0.2, 0) is 6.61 Å². The average molecular weight is 295 g/mol. The van der Waals surface area contributed by atoms with Gasteiger partial charge in [0.1, 0.15) is 18.2 Å². The van der Waals surface area contributed by atoms with Crippen molar-refractivity contribution in [3.8, 4) is 5.75 Å². The van der Waals surface area contributed by atoms with Gasteiger partial charge in [0.15, 0.2) is 0 Å². The SMILES string of the molecule is Fc1nccc(Nc2ccc(OCc3ccccc3)cc2)n1. The maximum Gasteiger partial charge on any atom is 0.310 e. The van der Waals surface area contributed by atoms with Crippen molar-refractivity contribution in [3.63, 3.8) is 0 Å². The van der Waals surface area contributed by atoms with E-state index in [-0.39, 0.29) is 0 Å². The average Bonchev–Trinajstić information content (AvgIpc) is 2.55. The van der Waals surface area contributed by atoms with Crippen LogP contribution in [0.4, 0.5) is 15.9 Å². The van der Waals surface area contributed by atoms with E-state index >= 15 is 0 Å². The summed E-state index contributed by atoms with van der Waals surface area (Å²) < 4.78 is 18.6. The van der Waals surface area contributed by atoms with E-state index in [1.165, 1.54) is 6.20 Å². The molecule has 3 rings (SSSR count). The largest absolute Gasteiger partial charge is 0.489 e. The van der Waals surface area contributed by atoms with E-state index in [2.05, 4.69) is 15.3 Å². The maximum absolute atomic E-state index is 12.9. The van der Waals surface area contributed by atoms with Crippen molar-refractivity contribution in [2.75, 3.05) is 5.32 Å². The third kappa shape index (κ3) is 3.79. The summed E-state index contributed by atoms with van der Waals surface area (Å²) in [6.07, 6.45) is 0.606. The number of benzene rings is 2. The lowest BCUT2D eigenvalue weighted by Crippen LogP contribution is -1.97. The minimum absolute atomic E-state index is 0.408. The second-order valence-electron chi connectivity index (χ2n) is 4.63. The van der Waals surface area contributed by atoms with Gasteiger partial charge in [0.05, 0.1) is 0 Å². The topological polar surface area (TPSA) is 47.0 Å². The molecule has 0 unspecified atom stereocenters. The van der Waals surface area contributed by atoms with Gasteiger partial charge in [0.2, 0.25) is 0 Å². The quantitative estimate of drug-likeness (QED) is 0.724. The molecular formula is C17H14FN3O. The maximum atomic E-state index is 12.9. The fourth-order valence-electron chi connectivity index (χ4n) is 1.93. The third-order valence-electron chi connectivity index (χ3n) is 3.00. The molecule has 110 valence electrons. The highest BCUT2D eigenvalue weighted by Gasteiger charge is 2.00. The van der Waals surface area contributed by atoms with Gasteiger partial charge in [-0.05, 0) is 35.9 Å². The van der Waals surface area contributed by atoms with Gasteiger partial charge in [-0.2, -0.15) is 9.37 Å². The molecule has 5 heteroatoms. The van der Waals surface area contributed by atoms with Crippen LogP contribution in [0.25, 0.3) is 0 Å². The van der Waals surface area contributed by atoms with Gasteiger partial charge in [-0.25, -0.2) is 4.98 Å². The first-order valence-electron chi connectivity index (χ1n) is 6.82. The number of rotatable bonds is 5. The summed E-state index contributed by atoms with van der Waals surface area (Å²) in [5, 5.41) is 3.00. The number of halogens is 1. The van der Waals surface area contributed by atoms with Gasteiger partial charge in [-0.1, -0.05) is 30.3 Å². The van der Waals surface area contributed by atoms with Crippen molar-refractivity contribution in [1.29, 1.82) is 0 Å². The zero-order valence-corrected chi connectivity index (χ0v) is 11.7. The molecule has 1 aromatic heterocycles. The number of ether oxygens (including phenoxy) is 1. The van der Waals surface area contributed by atoms with Crippen LogP contribution >= 0.6 is 0 Å². The Morgan fingerprint density at radius 2 is 1.73 bits per heavy atom. The Morgan fingerprint density at radius 1 is 0.955 bits per heavy atom. The second kappa shape index (κ2) is 6.67. The predicted molar refractivity (Wildman–Crippen MR) is 82.5 cm³/mol. The zero-order valence-electron chi connectivity index (χ0n) is 11.7. The lowest BCUT2D eigenvalue weighted by atomic mass is 10.2. The summed E-state index contributed by atoms with van der Waals surface area (Å²) in [5.41, 5.74) is 1.91. The number of aromatic nitrogens is 2. The standard InChI is InChI=1S/C17H14FN3O/c18-17-19-11-10-16(21-17)20-14-6-8-15(9-7-14)22-12-13-4-2-1-3-5-13/h1-11H,12H2,(H,19,20,21). The fourth-order valence-corrected chi connectivity index (χ4v) is 1.93. The molecule has 3 aromatic rings. The summed E-state index contributed by atoms with van der Waals surface area (Å²) in [6.45, 7) is 0.519. The van der Waals surface area contributed by atoms with Crippen LogP contribution in [0.15, 0.2) is 66.9 Å². The molecule has 2 aromatic carbocycles. The first-order valence-corrected chi connectivity index (χ1v) is 6.82. The molecular weight excluding hydrogens is 281 g/mol. The van der Waals surface area contributed by atoms with E-state index in [1.54, 1.807) is 6.07 Å².